The van der Waals surface area contributed by atoms with E-state index < -0.39 is 0 Å². The zero-order chi connectivity index (χ0) is 15.2. The maximum absolute atomic E-state index is 12.0. The van der Waals surface area contributed by atoms with Crippen LogP contribution in [0.2, 0.25) is 0 Å². The van der Waals surface area contributed by atoms with Gasteiger partial charge in [-0.2, -0.15) is 0 Å². The first-order chi connectivity index (χ1) is 10.1. The molecule has 2 aromatic carbocycles. The van der Waals surface area contributed by atoms with Crippen molar-refractivity contribution >= 4 is 21.7 Å². The molecule has 21 heavy (non-hydrogen) atoms. The molecular formula is C17H17BrO3. The van der Waals surface area contributed by atoms with Crippen LogP contribution in [0.4, 0.5) is 0 Å². The first-order valence-electron chi connectivity index (χ1n) is 6.65. The quantitative estimate of drug-likeness (QED) is 0.578. The van der Waals surface area contributed by atoms with Gasteiger partial charge < -0.3 is 9.47 Å². The van der Waals surface area contributed by atoms with E-state index in [1.165, 1.54) is 0 Å². The fourth-order valence-electron chi connectivity index (χ4n) is 1.91. The zero-order valence-electron chi connectivity index (χ0n) is 12.0. The standard InChI is InChI=1S/C17H17BrO3/c1-12(18)17(19)14-8-9-15(16(10-14)20-2)21-11-13-6-4-3-5-7-13/h3-10,12H,11H2,1-2H3. The molecule has 0 saturated heterocycles. The van der Waals surface area contributed by atoms with Crippen molar-refractivity contribution in [3.05, 3.63) is 59.7 Å². The molecule has 0 saturated carbocycles. The Hall–Kier alpha value is -1.81. The van der Waals surface area contributed by atoms with Crippen molar-refractivity contribution in [1.82, 2.24) is 0 Å². The van der Waals surface area contributed by atoms with Crippen molar-refractivity contribution < 1.29 is 14.3 Å². The van der Waals surface area contributed by atoms with Crippen molar-refractivity contribution in [3.8, 4) is 11.5 Å². The summed E-state index contributed by atoms with van der Waals surface area (Å²) in [5.41, 5.74) is 1.68. The fourth-order valence-corrected chi connectivity index (χ4v) is 2.17. The van der Waals surface area contributed by atoms with Gasteiger partial charge in [-0.3, -0.25) is 4.79 Å². The Labute approximate surface area is 133 Å². The predicted molar refractivity (Wildman–Crippen MR) is 86.5 cm³/mol. The Morgan fingerprint density at radius 2 is 1.86 bits per heavy atom. The molecule has 0 aliphatic heterocycles. The Morgan fingerprint density at radius 3 is 2.48 bits per heavy atom. The van der Waals surface area contributed by atoms with Crippen LogP contribution in [0.3, 0.4) is 0 Å². The lowest BCUT2D eigenvalue weighted by Gasteiger charge is -2.12. The molecule has 2 aromatic rings. The third-order valence-electron chi connectivity index (χ3n) is 3.05. The molecule has 0 N–H and O–H groups in total. The summed E-state index contributed by atoms with van der Waals surface area (Å²) < 4.78 is 11.1. The van der Waals surface area contributed by atoms with Gasteiger partial charge >= 0.3 is 0 Å². The number of alkyl halides is 1. The first-order valence-corrected chi connectivity index (χ1v) is 7.56. The highest BCUT2D eigenvalue weighted by molar-refractivity contribution is 9.10. The predicted octanol–water partition coefficient (Wildman–Crippen LogP) is 4.24. The lowest BCUT2D eigenvalue weighted by molar-refractivity contribution is 0.0995. The summed E-state index contributed by atoms with van der Waals surface area (Å²) in [7, 11) is 1.57. The summed E-state index contributed by atoms with van der Waals surface area (Å²) in [4.78, 5) is 11.7. The second kappa shape index (κ2) is 7.27. The van der Waals surface area contributed by atoms with Gasteiger partial charge in [-0.15, -0.1) is 0 Å². The molecule has 2 rings (SSSR count). The number of hydrogen-bond donors (Lipinski definition) is 0. The van der Waals surface area contributed by atoms with Crippen molar-refractivity contribution in [3.63, 3.8) is 0 Å². The van der Waals surface area contributed by atoms with E-state index in [1.54, 1.807) is 32.2 Å². The Bertz CT molecular complexity index is 609. The lowest BCUT2D eigenvalue weighted by atomic mass is 10.1. The van der Waals surface area contributed by atoms with Gasteiger partial charge in [-0.25, -0.2) is 0 Å². The van der Waals surface area contributed by atoms with Crippen molar-refractivity contribution in [2.24, 2.45) is 0 Å². The van der Waals surface area contributed by atoms with Crippen molar-refractivity contribution in [1.29, 1.82) is 0 Å². The van der Waals surface area contributed by atoms with Gasteiger partial charge in [0.25, 0.3) is 0 Å². The Kier molecular flexibility index (Phi) is 5.39. The molecule has 0 radical (unpaired) electrons. The average molecular weight is 349 g/mol. The maximum atomic E-state index is 12.0. The van der Waals surface area contributed by atoms with Crippen LogP contribution in [0, 0.1) is 0 Å². The number of ether oxygens (including phenoxy) is 2. The number of carbonyl (C=O) groups is 1. The van der Waals surface area contributed by atoms with E-state index in [4.69, 9.17) is 9.47 Å². The van der Waals surface area contributed by atoms with Gasteiger partial charge in [0.1, 0.15) is 6.61 Å². The molecular weight excluding hydrogens is 332 g/mol. The van der Waals surface area contributed by atoms with Crippen LogP contribution in [0.25, 0.3) is 0 Å². The molecule has 0 amide bonds. The van der Waals surface area contributed by atoms with Crippen LogP contribution in [-0.4, -0.2) is 17.7 Å². The second-order valence-corrected chi connectivity index (χ2v) is 5.99. The number of benzene rings is 2. The largest absolute Gasteiger partial charge is 0.493 e. The van der Waals surface area contributed by atoms with Gasteiger partial charge in [0.2, 0.25) is 0 Å². The van der Waals surface area contributed by atoms with Crippen LogP contribution >= 0.6 is 15.9 Å². The second-order valence-electron chi connectivity index (χ2n) is 4.62. The van der Waals surface area contributed by atoms with Crippen LogP contribution in [0.15, 0.2) is 48.5 Å². The molecule has 0 heterocycles. The fraction of sp³-hybridized carbons (Fsp3) is 0.235. The van der Waals surface area contributed by atoms with Crippen molar-refractivity contribution in [2.75, 3.05) is 7.11 Å². The van der Waals surface area contributed by atoms with E-state index in [-0.39, 0.29) is 10.6 Å². The number of halogens is 1. The van der Waals surface area contributed by atoms with Gasteiger partial charge in [-0.1, -0.05) is 46.3 Å². The van der Waals surface area contributed by atoms with Crippen LogP contribution in [-0.2, 0) is 6.61 Å². The molecule has 0 fully saturated rings. The molecule has 0 bridgehead atoms. The summed E-state index contributed by atoms with van der Waals surface area (Å²) >= 11 is 3.28. The highest BCUT2D eigenvalue weighted by Crippen LogP contribution is 2.29. The third kappa shape index (κ3) is 4.08. The molecule has 0 spiro atoms. The smallest absolute Gasteiger partial charge is 0.176 e. The van der Waals surface area contributed by atoms with Crippen LogP contribution in [0.5, 0.6) is 11.5 Å². The Morgan fingerprint density at radius 1 is 1.14 bits per heavy atom. The monoisotopic (exact) mass is 348 g/mol. The minimum atomic E-state index is -0.224. The van der Waals surface area contributed by atoms with Gasteiger partial charge in [0.05, 0.1) is 11.9 Å². The number of methoxy groups -OCH3 is 1. The number of rotatable bonds is 6. The van der Waals surface area contributed by atoms with E-state index in [1.807, 2.05) is 30.3 Å². The van der Waals surface area contributed by atoms with E-state index in [9.17, 15) is 4.79 Å². The molecule has 1 atom stereocenters. The highest BCUT2D eigenvalue weighted by atomic mass is 79.9. The Balaban J connectivity index is 2.15. The molecule has 0 aliphatic rings. The minimum absolute atomic E-state index is 0.0166. The van der Waals surface area contributed by atoms with Gasteiger partial charge in [-0.05, 0) is 30.7 Å². The maximum Gasteiger partial charge on any atom is 0.176 e. The topological polar surface area (TPSA) is 35.5 Å². The lowest BCUT2D eigenvalue weighted by Crippen LogP contribution is -2.10. The molecule has 1 unspecified atom stereocenters. The third-order valence-corrected chi connectivity index (χ3v) is 3.46. The normalized spacial score (nSPS) is 11.8. The van der Waals surface area contributed by atoms with Gasteiger partial charge in [0.15, 0.2) is 17.3 Å². The highest BCUT2D eigenvalue weighted by Gasteiger charge is 2.15. The summed E-state index contributed by atoms with van der Waals surface area (Å²) in [6, 6.07) is 15.1. The van der Waals surface area contributed by atoms with Crippen LogP contribution in [0.1, 0.15) is 22.8 Å². The van der Waals surface area contributed by atoms with Crippen LogP contribution < -0.4 is 9.47 Å². The number of carbonyl (C=O) groups excluding carboxylic acids is 1. The minimum Gasteiger partial charge on any atom is -0.493 e. The summed E-state index contributed by atoms with van der Waals surface area (Å²) in [6.07, 6.45) is 0. The average Bonchev–Trinajstić information content (AvgIpc) is 2.53. The molecule has 110 valence electrons. The SMILES string of the molecule is COc1cc(C(=O)C(C)Br)ccc1OCc1ccccc1. The molecule has 0 aliphatic carbocycles. The van der Waals surface area contributed by atoms with Crippen molar-refractivity contribution in [2.45, 2.75) is 18.4 Å². The van der Waals surface area contributed by atoms with E-state index >= 15 is 0 Å². The zero-order valence-corrected chi connectivity index (χ0v) is 13.6. The number of ketones is 1. The summed E-state index contributed by atoms with van der Waals surface area (Å²) in [5, 5.41) is 0. The number of hydrogen-bond acceptors (Lipinski definition) is 3. The molecule has 3 nitrogen and oxygen atoms in total. The number of Topliss-reactive ketones (excluding diaryl/α,β-unsaturated/α-hetero) is 1. The summed E-state index contributed by atoms with van der Waals surface area (Å²) in [6.45, 7) is 2.26. The first kappa shape index (κ1) is 15.6. The molecule has 0 aromatic heterocycles. The summed E-state index contributed by atoms with van der Waals surface area (Å²) in [5.74, 6) is 1.20. The van der Waals surface area contributed by atoms with E-state index in [2.05, 4.69) is 15.9 Å². The van der Waals surface area contributed by atoms with Gasteiger partial charge in [0, 0.05) is 5.56 Å². The van der Waals surface area contributed by atoms with E-state index in [0.29, 0.717) is 23.7 Å². The molecule has 4 heteroatoms. The van der Waals surface area contributed by atoms with E-state index in [0.717, 1.165) is 5.56 Å².